The molecule has 0 saturated heterocycles. The number of rotatable bonds is 23. The maximum absolute atomic E-state index is 12.2. The van der Waals surface area contributed by atoms with Crippen LogP contribution >= 0.6 is 0 Å². The topological polar surface area (TPSA) is 44.8 Å². The van der Waals surface area contributed by atoms with Crippen molar-refractivity contribution in [3.8, 4) is 0 Å². The van der Waals surface area contributed by atoms with Gasteiger partial charge in [-0.3, -0.25) is 4.79 Å². The summed E-state index contributed by atoms with van der Waals surface area (Å²) in [5.41, 5.74) is 0. The Morgan fingerprint density at radius 1 is 0.586 bits per heavy atom. The highest BCUT2D eigenvalue weighted by molar-refractivity contribution is 5.69. The van der Waals surface area contributed by atoms with Crippen LogP contribution < -0.4 is 0 Å². The number of unbranched alkanes of at least 4 members (excludes halogenated alkanes) is 12. The zero-order valence-electron chi connectivity index (χ0n) is 19.9. The molecule has 4 heteroatoms. The summed E-state index contributed by atoms with van der Waals surface area (Å²) in [7, 11) is 0. The van der Waals surface area contributed by atoms with Crippen LogP contribution in [0.2, 0.25) is 0 Å². The maximum atomic E-state index is 12.2. The van der Waals surface area contributed by atoms with Crippen LogP contribution in [0.4, 0.5) is 0 Å². The van der Waals surface area contributed by atoms with Gasteiger partial charge in [0, 0.05) is 19.6 Å². The van der Waals surface area contributed by atoms with Gasteiger partial charge < -0.3 is 14.2 Å². The standard InChI is InChI=1S/C25H50O4/c1-4-7-10-13-14-15-16-19-25(26)29-24(22-27-20-17-11-8-5-2)23-28-21-18-12-9-6-3/h24H,4-23H2,1-3H3. The van der Waals surface area contributed by atoms with Crippen molar-refractivity contribution >= 4 is 5.97 Å². The molecule has 0 radical (unpaired) electrons. The summed E-state index contributed by atoms with van der Waals surface area (Å²) < 4.78 is 17.2. The summed E-state index contributed by atoms with van der Waals surface area (Å²) in [4.78, 5) is 12.2. The van der Waals surface area contributed by atoms with E-state index in [1.165, 1.54) is 70.6 Å². The molecular formula is C25H50O4. The van der Waals surface area contributed by atoms with Crippen LogP contribution in [-0.4, -0.2) is 38.5 Å². The van der Waals surface area contributed by atoms with Crippen LogP contribution in [0.3, 0.4) is 0 Å². The van der Waals surface area contributed by atoms with E-state index in [-0.39, 0.29) is 12.1 Å². The van der Waals surface area contributed by atoms with E-state index in [1.54, 1.807) is 0 Å². The fraction of sp³-hybridized carbons (Fsp3) is 0.960. The average Bonchev–Trinajstić information content (AvgIpc) is 2.72. The molecule has 0 unspecified atom stereocenters. The third kappa shape index (κ3) is 21.9. The van der Waals surface area contributed by atoms with Gasteiger partial charge in [0.1, 0.15) is 6.10 Å². The fourth-order valence-electron chi connectivity index (χ4n) is 3.28. The van der Waals surface area contributed by atoms with Gasteiger partial charge in [0.2, 0.25) is 0 Å². The van der Waals surface area contributed by atoms with Gasteiger partial charge in [0.15, 0.2) is 0 Å². The van der Waals surface area contributed by atoms with E-state index in [9.17, 15) is 4.79 Å². The van der Waals surface area contributed by atoms with Crippen molar-refractivity contribution in [3.63, 3.8) is 0 Å². The molecule has 0 saturated carbocycles. The monoisotopic (exact) mass is 414 g/mol. The Balaban J connectivity index is 3.98. The van der Waals surface area contributed by atoms with Gasteiger partial charge in [0.25, 0.3) is 0 Å². The third-order valence-electron chi connectivity index (χ3n) is 5.17. The molecular weight excluding hydrogens is 364 g/mol. The van der Waals surface area contributed by atoms with Crippen molar-refractivity contribution in [1.82, 2.24) is 0 Å². The predicted molar refractivity (Wildman–Crippen MR) is 122 cm³/mol. The van der Waals surface area contributed by atoms with Crippen LogP contribution in [0.5, 0.6) is 0 Å². The number of esters is 1. The van der Waals surface area contributed by atoms with Crippen LogP contribution in [0, 0.1) is 0 Å². The van der Waals surface area contributed by atoms with E-state index < -0.39 is 0 Å². The molecule has 0 rings (SSSR count). The normalized spacial score (nSPS) is 11.3. The number of hydrogen-bond acceptors (Lipinski definition) is 4. The quantitative estimate of drug-likeness (QED) is 0.131. The minimum Gasteiger partial charge on any atom is -0.457 e. The van der Waals surface area contributed by atoms with E-state index in [2.05, 4.69) is 20.8 Å². The first kappa shape index (κ1) is 28.4. The second-order valence-corrected chi connectivity index (χ2v) is 8.25. The number of hydrogen-bond donors (Lipinski definition) is 0. The Labute approximate surface area is 181 Å². The zero-order valence-corrected chi connectivity index (χ0v) is 19.9. The molecule has 0 spiro atoms. The van der Waals surface area contributed by atoms with Gasteiger partial charge in [-0.05, 0) is 19.3 Å². The lowest BCUT2D eigenvalue weighted by Crippen LogP contribution is -2.29. The van der Waals surface area contributed by atoms with Crippen molar-refractivity contribution in [3.05, 3.63) is 0 Å². The molecule has 0 amide bonds. The summed E-state index contributed by atoms with van der Waals surface area (Å²) in [6, 6.07) is 0. The van der Waals surface area contributed by atoms with E-state index in [0.717, 1.165) is 38.9 Å². The zero-order chi connectivity index (χ0) is 21.4. The first-order valence-corrected chi connectivity index (χ1v) is 12.6. The van der Waals surface area contributed by atoms with Crippen molar-refractivity contribution in [2.24, 2.45) is 0 Å². The summed E-state index contributed by atoms with van der Waals surface area (Å²) >= 11 is 0. The first-order valence-electron chi connectivity index (χ1n) is 12.6. The van der Waals surface area contributed by atoms with E-state index in [0.29, 0.717) is 19.6 Å². The molecule has 0 aromatic heterocycles. The van der Waals surface area contributed by atoms with Gasteiger partial charge in [-0.2, -0.15) is 0 Å². The molecule has 0 aliphatic carbocycles. The minimum atomic E-state index is -0.274. The van der Waals surface area contributed by atoms with Gasteiger partial charge >= 0.3 is 5.97 Å². The average molecular weight is 415 g/mol. The lowest BCUT2D eigenvalue weighted by atomic mass is 10.1. The molecule has 0 aromatic carbocycles. The maximum Gasteiger partial charge on any atom is 0.306 e. The highest BCUT2D eigenvalue weighted by Gasteiger charge is 2.15. The Bertz CT molecular complexity index is 317. The van der Waals surface area contributed by atoms with Crippen molar-refractivity contribution in [2.75, 3.05) is 26.4 Å². The summed E-state index contributed by atoms with van der Waals surface area (Å²) in [5, 5.41) is 0. The molecule has 0 heterocycles. The van der Waals surface area contributed by atoms with Crippen LogP contribution in [0.1, 0.15) is 124 Å². The second-order valence-electron chi connectivity index (χ2n) is 8.25. The summed E-state index contributed by atoms with van der Waals surface area (Å²) in [6.07, 6.45) is 18.2. The fourth-order valence-corrected chi connectivity index (χ4v) is 3.28. The molecule has 4 nitrogen and oxygen atoms in total. The predicted octanol–water partition coefficient (Wildman–Crippen LogP) is 7.23. The first-order chi connectivity index (χ1) is 14.2. The molecule has 0 fully saturated rings. The number of carbonyl (C=O) groups is 1. The van der Waals surface area contributed by atoms with Crippen molar-refractivity contribution in [2.45, 2.75) is 130 Å². The molecule has 0 aliphatic heterocycles. The molecule has 0 atom stereocenters. The van der Waals surface area contributed by atoms with Crippen LogP contribution in [0.15, 0.2) is 0 Å². The molecule has 0 bridgehead atoms. The van der Waals surface area contributed by atoms with Crippen LogP contribution in [-0.2, 0) is 19.0 Å². The SMILES string of the molecule is CCCCCCCCCC(=O)OC(COCCCCCC)COCCCCCC. The summed E-state index contributed by atoms with van der Waals surface area (Å²) in [6.45, 7) is 9.02. The van der Waals surface area contributed by atoms with Gasteiger partial charge in [0.05, 0.1) is 13.2 Å². The van der Waals surface area contributed by atoms with Crippen LogP contribution in [0.25, 0.3) is 0 Å². The molecule has 174 valence electrons. The van der Waals surface area contributed by atoms with Gasteiger partial charge in [-0.25, -0.2) is 0 Å². The van der Waals surface area contributed by atoms with E-state index in [4.69, 9.17) is 14.2 Å². The number of ether oxygens (including phenoxy) is 3. The molecule has 0 aliphatic rings. The molecule has 29 heavy (non-hydrogen) atoms. The Morgan fingerprint density at radius 3 is 1.48 bits per heavy atom. The lowest BCUT2D eigenvalue weighted by molar-refractivity contribution is -0.156. The smallest absolute Gasteiger partial charge is 0.306 e. The third-order valence-corrected chi connectivity index (χ3v) is 5.17. The van der Waals surface area contributed by atoms with Gasteiger partial charge in [-0.1, -0.05) is 97.8 Å². The van der Waals surface area contributed by atoms with E-state index in [1.807, 2.05) is 0 Å². The van der Waals surface area contributed by atoms with Crippen molar-refractivity contribution in [1.29, 1.82) is 0 Å². The Hall–Kier alpha value is -0.610. The largest absolute Gasteiger partial charge is 0.457 e. The highest BCUT2D eigenvalue weighted by Crippen LogP contribution is 2.10. The Morgan fingerprint density at radius 2 is 1.00 bits per heavy atom. The molecule has 0 aromatic rings. The highest BCUT2D eigenvalue weighted by atomic mass is 16.6. The second kappa shape index (κ2) is 23.7. The molecule has 0 N–H and O–H groups in total. The number of carbonyl (C=O) groups excluding carboxylic acids is 1. The minimum absolute atomic E-state index is 0.104. The van der Waals surface area contributed by atoms with Crippen molar-refractivity contribution < 1.29 is 19.0 Å². The lowest BCUT2D eigenvalue weighted by Gasteiger charge is -2.18. The summed E-state index contributed by atoms with van der Waals surface area (Å²) in [5.74, 6) is -0.104. The Kier molecular flexibility index (Phi) is 23.2. The van der Waals surface area contributed by atoms with E-state index >= 15 is 0 Å². The van der Waals surface area contributed by atoms with Gasteiger partial charge in [-0.15, -0.1) is 0 Å².